The Balaban J connectivity index is 1.61. The first-order valence-corrected chi connectivity index (χ1v) is 11.2. The second-order valence-electron chi connectivity index (χ2n) is 8.09. The number of rotatable bonds is 10. The maximum absolute atomic E-state index is 14.5. The monoisotopic (exact) mass is 438 g/mol. The van der Waals surface area contributed by atoms with Gasteiger partial charge in [0.25, 0.3) is 5.92 Å². The number of hydrogen-bond acceptors (Lipinski definition) is 4. The lowest BCUT2D eigenvalue weighted by molar-refractivity contribution is -0.137. The van der Waals surface area contributed by atoms with Crippen LogP contribution in [-0.2, 0) is 4.79 Å². The van der Waals surface area contributed by atoms with Crippen molar-refractivity contribution in [2.75, 3.05) is 0 Å². The molecule has 1 aliphatic carbocycles. The first-order valence-electron chi connectivity index (χ1n) is 10.4. The van der Waals surface area contributed by atoms with Crippen LogP contribution in [0.5, 0.6) is 0 Å². The molecule has 30 heavy (non-hydrogen) atoms. The van der Waals surface area contributed by atoms with Gasteiger partial charge in [-0.15, -0.1) is 11.3 Å². The van der Waals surface area contributed by atoms with Gasteiger partial charge in [0.15, 0.2) is 0 Å². The van der Waals surface area contributed by atoms with Gasteiger partial charge in [0.2, 0.25) is 0 Å². The van der Waals surface area contributed by atoms with Crippen LogP contribution in [0.3, 0.4) is 0 Å². The number of carboxylic acids is 1. The lowest BCUT2D eigenvalue weighted by Crippen LogP contribution is -2.24. The highest BCUT2D eigenvalue weighted by molar-refractivity contribution is 7.19. The van der Waals surface area contributed by atoms with Crippen molar-refractivity contribution in [2.45, 2.75) is 63.1 Å². The van der Waals surface area contributed by atoms with Crippen molar-refractivity contribution in [1.82, 2.24) is 0 Å². The summed E-state index contributed by atoms with van der Waals surface area (Å²) in [6, 6.07) is 9.59. The van der Waals surface area contributed by atoms with Crippen LogP contribution in [0, 0.1) is 11.8 Å². The third-order valence-corrected chi connectivity index (χ3v) is 7.03. The van der Waals surface area contributed by atoms with E-state index in [1.165, 1.54) is 23.5 Å². The molecule has 2 aromatic rings. The molecule has 3 rings (SSSR count). The minimum absolute atomic E-state index is 0.116. The molecule has 1 saturated carbocycles. The predicted octanol–water partition coefficient (Wildman–Crippen LogP) is 5.55. The summed E-state index contributed by atoms with van der Waals surface area (Å²) < 4.78 is 30.0. The van der Waals surface area contributed by atoms with E-state index in [1.54, 1.807) is 0 Å². The number of hydrogen-bond donors (Lipinski definition) is 3. The topological polar surface area (TPSA) is 77.8 Å². The zero-order valence-electron chi connectivity index (χ0n) is 16.7. The number of thiophene rings is 1. The number of carboxylic acid groups (broad SMARTS) is 1. The van der Waals surface area contributed by atoms with Gasteiger partial charge in [-0.1, -0.05) is 49.6 Å². The largest absolute Gasteiger partial charge is 0.481 e. The first kappa shape index (κ1) is 22.8. The predicted molar refractivity (Wildman–Crippen MR) is 114 cm³/mol. The fraction of sp³-hybridized carbons (Fsp3) is 0.522. The highest BCUT2D eigenvalue weighted by atomic mass is 32.1. The van der Waals surface area contributed by atoms with E-state index in [-0.39, 0.29) is 6.42 Å². The molecule has 164 valence electrons. The molecule has 0 saturated heterocycles. The Labute approximate surface area is 178 Å². The van der Waals surface area contributed by atoms with Crippen molar-refractivity contribution in [3.05, 3.63) is 47.4 Å². The summed E-state index contributed by atoms with van der Waals surface area (Å²) in [4.78, 5) is 11.2. The van der Waals surface area contributed by atoms with Crippen LogP contribution in [0.25, 0.3) is 10.1 Å². The minimum atomic E-state index is -3.01. The Morgan fingerprint density at radius 1 is 1.23 bits per heavy atom. The minimum Gasteiger partial charge on any atom is -0.481 e. The molecule has 1 aromatic heterocycles. The molecule has 1 heterocycles. The molecule has 1 aromatic carbocycles. The molecule has 0 radical (unpaired) electrons. The van der Waals surface area contributed by atoms with Gasteiger partial charge in [-0.05, 0) is 36.3 Å². The second kappa shape index (κ2) is 9.98. The molecular formula is C23H28F2O4S. The Bertz CT molecular complexity index is 846. The SMILES string of the molecule is O=C(O)CCCCCC[C@@H]1[C@@H](C=CC(O)c2cc3ccccc3s2)C(F)(F)C[C@@H]1O. The molecular weight excluding hydrogens is 410 g/mol. The molecule has 0 aliphatic heterocycles. The Morgan fingerprint density at radius 3 is 2.70 bits per heavy atom. The molecule has 1 aliphatic rings. The third-order valence-electron chi connectivity index (χ3n) is 5.84. The van der Waals surface area contributed by atoms with Gasteiger partial charge < -0.3 is 15.3 Å². The quantitative estimate of drug-likeness (QED) is 0.336. The summed E-state index contributed by atoms with van der Waals surface area (Å²) >= 11 is 1.43. The van der Waals surface area contributed by atoms with Crippen LogP contribution in [-0.4, -0.2) is 33.3 Å². The molecule has 7 heteroatoms. The number of unbranched alkanes of at least 4 members (excludes halogenated alkanes) is 3. The van der Waals surface area contributed by atoms with Crippen molar-refractivity contribution < 1.29 is 28.9 Å². The summed E-state index contributed by atoms with van der Waals surface area (Å²) in [6.07, 6.45) is 3.49. The number of benzene rings is 1. The number of allylic oxidation sites excluding steroid dienone is 1. The summed E-state index contributed by atoms with van der Waals surface area (Å²) in [6.45, 7) is 0. The fourth-order valence-corrected chi connectivity index (χ4v) is 5.28. The standard InChI is InChI=1S/C23H28F2O4S/c24-23(25)14-19(27)16(8-3-1-2-4-10-22(28)29)17(23)11-12-18(26)21-13-15-7-5-6-9-20(15)30-21/h5-7,9,11-13,16-19,26-27H,1-4,8,10,14H2,(H,28,29)/t16-,17-,18?,19+/m1/s1. The number of fused-ring (bicyclic) bond motifs is 1. The average molecular weight is 439 g/mol. The molecule has 0 amide bonds. The Morgan fingerprint density at radius 2 is 1.97 bits per heavy atom. The molecule has 3 N–H and O–H groups in total. The maximum Gasteiger partial charge on any atom is 0.303 e. The van der Waals surface area contributed by atoms with Crippen LogP contribution in [0.15, 0.2) is 42.5 Å². The van der Waals surface area contributed by atoms with Crippen molar-refractivity contribution in [1.29, 1.82) is 0 Å². The molecule has 1 unspecified atom stereocenters. The zero-order valence-corrected chi connectivity index (χ0v) is 17.5. The van der Waals surface area contributed by atoms with Crippen molar-refractivity contribution in [3.63, 3.8) is 0 Å². The van der Waals surface area contributed by atoms with Crippen molar-refractivity contribution in [2.24, 2.45) is 11.8 Å². The van der Waals surface area contributed by atoms with Gasteiger partial charge in [0.1, 0.15) is 6.10 Å². The van der Waals surface area contributed by atoms with E-state index in [0.29, 0.717) is 24.1 Å². The number of halogens is 2. The van der Waals surface area contributed by atoms with E-state index in [1.807, 2.05) is 30.3 Å². The molecule has 0 spiro atoms. The highest BCUT2D eigenvalue weighted by Gasteiger charge is 2.53. The van der Waals surface area contributed by atoms with Crippen molar-refractivity contribution in [3.8, 4) is 0 Å². The van der Waals surface area contributed by atoms with E-state index in [2.05, 4.69) is 0 Å². The highest BCUT2D eigenvalue weighted by Crippen LogP contribution is 2.47. The van der Waals surface area contributed by atoms with Crippen LogP contribution < -0.4 is 0 Å². The van der Waals surface area contributed by atoms with Gasteiger partial charge in [0, 0.05) is 28.3 Å². The summed E-state index contributed by atoms with van der Waals surface area (Å²) in [7, 11) is 0. The van der Waals surface area contributed by atoms with E-state index in [9.17, 15) is 23.8 Å². The van der Waals surface area contributed by atoms with Gasteiger partial charge in [0.05, 0.1) is 6.10 Å². The summed E-state index contributed by atoms with van der Waals surface area (Å²) in [5.41, 5.74) is 0. The smallest absolute Gasteiger partial charge is 0.303 e. The van der Waals surface area contributed by atoms with E-state index in [4.69, 9.17) is 5.11 Å². The lowest BCUT2D eigenvalue weighted by atomic mass is 9.87. The number of aliphatic hydroxyl groups is 2. The Hall–Kier alpha value is -1.83. The third kappa shape index (κ3) is 5.65. The van der Waals surface area contributed by atoms with Gasteiger partial charge in [-0.25, -0.2) is 8.78 Å². The lowest BCUT2D eigenvalue weighted by Gasteiger charge is -2.22. The summed E-state index contributed by atoms with van der Waals surface area (Å²) in [5.74, 6) is -5.52. The van der Waals surface area contributed by atoms with Gasteiger partial charge in [-0.3, -0.25) is 4.79 Å². The fourth-order valence-electron chi connectivity index (χ4n) is 4.25. The van der Waals surface area contributed by atoms with E-state index >= 15 is 0 Å². The van der Waals surface area contributed by atoms with Crippen LogP contribution in [0.4, 0.5) is 8.78 Å². The average Bonchev–Trinajstić information content (AvgIpc) is 3.20. The molecule has 4 nitrogen and oxygen atoms in total. The normalized spacial score (nSPS) is 24.6. The second-order valence-corrected chi connectivity index (χ2v) is 9.20. The van der Waals surface area contributed by atoms with Crippen LogP contribution in [0.2, 0.25) is 0 Å². The van der Waals surface area contributed by atoms with Crippen LogP contribution >= 0.6 is 11.3 Å². The number of carbonyl (C=O) groups is 1. The molecule has 1 fully saturated rings. The zero-order chi connectivity index (χ0) is 21.7. The first-order chi connectivity index (χ1) is 14.3. The number of aliphatic carboxylic acids is 1. The van der Waals surface area contributed by atoms with Crippen molar-refractivity contribution >= 4 is 27.4 Å². The van der Waals surface area contributed by atoms with Gasteiger partial charge >= 0.3 is 5.97 Å². The summed E-state index contributed by atoms with van der Waals surface area (Å²) in [5, 5.41) is 30.3. The van der Waals surface area contributed by atoms with Gasteiger partial charge in [-0.2, -0.15) is 0 Å². The van der Waals surface area contributed by atoms with Crippen LogP contribution in [0.1, 0.15) is 55.9 Å². The molecule has 4 atom stereocenters. The Kier molecular flexibility index (Phi) is 7.60. The maximum atomic E-state index is 14.5. The van der Waals surface area contributed by atoms with E-state index < -0.39 is 42.4 Å². The molecule has 0 bridgehead atoms. The number of aliphatic hydroxyl groups excluding tert-OH is 2. The van der Waals surface area contributed by atoms with E-state index in [0.717, 1.165) is 22.9 Å². The number of alkyl halides is 2.